The van der Waals surface area contributed by atoms with Crippen molar-refractivity contribution in [2.75, 3.05) is 6.54 Å². The Hall–Kier alpha value is -1.42. The second-order valence-corrected chi connectivity index (χ2v) is 6.44. The van der Waals surface area contributed by atoms with Crippen LogP contribution in [0.1, 0.15) is 45.1 Å². The number of amides is 1. The van der Waals surface area contributed by atoms with Crippen molar-refractivity contribution in [3.8, 4) is 0 Å². The topological polar surface area (TPSA) is 49.3 Å². The standard InChI is InChI=1S/C17H24FNO2/c1-12(2)9-15(20)11-19-16(21)17(7-4-8-17)13-5-3-6-14(18)10-13/h3,5-6,10,12,15,20H,4,7-9,11H2,1-2H3,(H,19,21). The molecule has 1 aliphatic rings. The fourth-order valence-corrected chi connectivity index (χ4v) is 2.97. The third kappa shape index (κ3) is 3.62. The second kappa shape index (κ2) is 6.56. The van der Waals surface area contributed by atoms with Crippen molar-refractivity contribution in [3.63, 3.8) is 0 Å². The van der Waals surface area contributed by atoms with Gasteiger partial charge in [0.1, 0.15) is 5.82 Å². The van der Waals surface area contributed by atoms with Gasteiger partial charge in [0.05, 0.1) is 11.5 Å². The van der Waals surface area contributed by atoms with Gasteiger partial charge in [-0.15, -0.1) is 0 Å². The molecule has 1 fully saturated rings. The molecule has 1 atom stereocenters. The number of carbonyl (C=O) groups excluding carboxylic acids is 1. The molecule has 1 aromatic carbocycles. The van der Waals surface area contributed by atoms with Gasteiger partial charge in [-0.2, -0.15) is 0 Å². The summed E-state index contributed by atoms with van der Waals surface area (Å²) in [5.41, 5.74) is 0.129. The van der Waals surface area contributed by atoms with E-state index in [1.165, 1.54) is 12.1 Å². The highest BCUT2D eigenvalue weighted by Gasteiger charge is 2.45. The van der Waals surface area contributed by atoms with Crippen LogP contribution in [0.2, 0.25) is 0 Å². The van der Waals surface area contributed by atoms with E-state index in [9.17, 15) is 14.3 Å². The van der Waals surface area contributed by atoms with Crippen LogP contribution in [0.25, 0.3) is 0 Å². The summed E-state index contributed by atoms with van der Waals surface area (Å²) in [5.74, 6) is -0.0219. The average Bonchev–Trinajstić information content (AvgIpc) is 2.34. The lowest BCUT2D eigenvalue weighted by molar-refractivity contribution is -0.130. The number of nitrogens with one attached hydrogen (secondary N) is 1. The van der Waals surface area contributed by atoms with Gasteiger partial charge in [-0.05, 0) is 42.9 Å². The van der Waals surface area contributed by atoms with Gasteiger partial charge in [-0.3, -0.25) is 4.79 Å². The number of hydrogen-bond acceptors (Lipinski definition) is 2. The van der Waals surface area contributed by atoms with E-state index in [1.54, 1.807) is 6.07 Å². The smallest absolute Gasteiger partial charge is 0.230 e. The first-order valence-electron chi connectivity index (χ1n) is 7.66. The van der Waals surface area contributed by atoms with Gasteiger partial charge in [-0.1, -0.05) is 32.4 Å². The van der Waals surface area contributed by atoms with Crippen molar-refractivity contribution in [1.29, 1.82) is 0 Å². The molecule has 0 aromatic heterocycles. The van der Waals surface area contributed by atoms with E-state index in [0.717, 1.165) is 24.8 Å². The van der Waals surface area contributed by atoms with Crippen LogP contribution in [0, 0.1) is 11.7 Å². The Kier molecular flexibility index (Phi) is 4.99. The molecule has 0 radical (unpaired) electrons. The first-order valence-corrected chi connectivity index (χ1v) is 7.66. The molecule has 1 amide bonds. The molecular formula is C17H24FNO2. The molecule has 1 aliphatic carbocycles. The highest BCUT2D eigenvalue weighted by molar-refractivity contribution is 5.89. The van der Waals surface area contributed by atoms with Gasteiger partial charge in [0, 0.05) is 6.54 Å². The summed E-state index contributed by atoms with van der Waals surface area (Å²) in [6.45, 7) is 4.32. The number of hydrogen-bond donors (Lipinski definition) is 2. The molecule has 21 heavy (non-hydrogen) atoms. The number of rotatable bonds is 6. The zero-order chi connectivity index (χ0) is 15.5. The third-order valence-electron chi connectivity index (χ3n) is 4.26. The van der Waals surface area contributed by atoms with Crippen molar-refractivity contribution in [2.45, 2.75) is 51.0 Å². The van der Waals surface area contributed by atoms with Gasteiger partial charge in [-0.25, -0.2) is 4.39 Å². The van der Waals surface area contributed by atoms with E-state index in [2.05, 4.69) is 5.32 Å². The molecule has 3 nitrogen and oxygen atoms in total. The van der Waals surface area contributed by atoms with Crippen molar-refractivity contribution in [2.24, 2.45) is 5.92 Å². The van der Waals surface area contributed by atoms with Crippen LogP contribution in [0.15, 0.2) is 24.3 Å². The predicted octanol–water partition coefficient (Wildman–Crippen LogP) is 2.77. The normalized spacial score (nSPS) is 18.1. The molecule has 0 saturated heterocycles. The Morgan fingerprint density at radius 3 is 2.67 bits per heavy atom. The number of halogens is 1. The van der Waals surface area contributed by atoms with E-state index in [4.69, 9.17) is 0 Å². The molecule has 1 aromatic rings. The second-order valence-electron chi connectivity index (χ2n) is 6.44. The minimum Gasteiger partial charge on any atom is -0.391 e. The highest BCUT2D eigenvalue weighted by Crippen LogP contribution is 2.44. The summed E-state index contributed by atoms with van der Waals surface area (Å²) >= 11 is 0. The maximum atomic E-state index is 13.4. The molecule has 1 saturated carbocycles. The zero-order valence-corrected chi connectivity index (χ0v) is 12.7. The average molecular weight is 293 g/mol. The lowest BCUT2D eigenvalue weighted by Gasteiger charge is -2.41. The minimum absolute atomic E-state index is 0.0952. The zero-order valence-electron chi connectivity index (χ0n) is 12.7. The van der Waals surface area contributed by atoms with Gasteiger partial charge in [0.15, 0.2) is 0 Å². The van der Waals surface area contributed by atoms with Crippen LogP contribution in [0.5, 0.6) is 0 Å². The van der Waals surface area contributed by atoms with E-state index in [-0.39, 0.29) is 18.3 Å². The Morgan fingerprint density at radius 1 is 1.43 bits per heavy atom. The van der Waals surface area contributed by atoms with E-state index < -0.39 is 11.5 Å². The van der Waals surface area contributed by atoms with Crippen molar-refractivity contribution in [3.05, 3.63) is 35.6 Å². The molecule has 4 heteroatoms. The molecule has 0 heterocycles. The summed E-state index contributed by atoms with van der Waals surface area (Å²) in [6.07, 6.45) is 2.58. The van der Waals surface area contributed by atoms with Crippen LogP contribution in [0.4, 0.5) is 4.39 Å². The summed E-state index contributed by atoms with van der Waals surface area (Å²) < 4.78 is 13.4. The minimum atomic E-state index is -0.611. The van der Waals surface area contributed by atoms with Crippen LogP contribution >= 0.6 is 0 Å². The summed E-state index contributed by atoms with van der Waals surface area (Å²) in [6, 6.07) is 6.29. The number of aliphatic hydroxyl groups excluding tert-OH is 1. The molecule has 1 unspecified atom stereocenters. The van der Waals surface area contributed by atoms with E-state index in [1.807, 2.05) is 19.9 Å². The summed E-state index contributed by atoms with van der Waals surface area (Å²) in [4.78, 5) is 12.5. The largest absolute Gasteiger partial charge is 0.391 e. The lowest BCUT2D eigenvalue weighted by atomic mass is 9.63. The fraction of sp³-hybridized carbons (Fsp3) is 0.588. The first kappa shape index (κ1) is 16.0. The van der Waals surface area contributed by atoms with Gasteiger partial charge in [0.2, 0.25) is 5.91 Å². The SMILES string of the molecule is CC(C)CC(O)CNC(=O)C1(c2cccc(F)c2)CCC1. The molecule has 2 N–H and O–H groups in total. The van der Waals surface area contributed by atoms with Crippen LogP contribution in [-0.2, 0) is 10.2 Å². The number of benzene rings is 1. The highest BCUT2D eigenvalue weighted by atomic mass is 19.1. The van der Waals surface area contributed by atoms with Crippen molar-refractivity contribution < 1.29 is 14.3 Å². The molecular weight excluding hydrogens is 269 g/mol. The van der Waals surface area contributed by atoms with Crippen LogP contribution in [0.3, 0.4) is 0 Å². The number of aliphatic hydroxyl groups is 1. The quantitative estimate of drug-likeness (QED) is 0.847. The lowest BCUT2D eigenvalue weighted by Crippen LogP contribution is -2.50. The third-order valence-corrected chi connectivity index (χ3v) is 4.26. The molecule has 0 spiro atoms. The predicted molar refractivity (Wildman–Crippen MR) is 80.4 cm³/mol. The van der Waals surface area contributed by atoms with Gasteiger partial charge in [0.25, 0.3) is 0 Å². The Morgan fingerprint density at radius 2 is 2.14 bits per heavy atom. The van der Waals surface area contributed by atoms with Crippen LogP contribution < -0.4 is 5.32 Å². The molecule has 116 valence electrons. The van der Waals surface area contributed by atoms with E-state index >= 15 is 0 Å². The maximum Gasteiger partial charge on any atom is 0.230 e. The monoisotopic (exact) mass is 293 g/mol. The summed E-state index contributed by atoms with van der Waals surface area (Å²) in [5, 5.41) is 12.7. The Bertz CT molecular complexity index is 497. The van der Waals surface area contributed by atoms with Crippen molar-refractivity contribution in [1.82, 2.24) is 5.32 Å². The molecule has 0 bridgehead atoms. The van der Waals surface area contributed by atoms with Gasteiger partial charge >= 0.3 is 0 Å². The van der Waals surface area contributed by atoms with Gasteiger partial charge < -0.3 is 10.4 Å². The summed E-state index contributed by atoms with van der Waals surface area (Å²) in [7, 11) is 0. The Labute approximate surface area is 125 Å². The van der Waals surface area contributed by atoms with Crippen molar-refractivity contribution >= 4 is 5.91 Å². The molecule has 0 aliphatic heterocycles. The number of carbonyl (C=O) groups is 1. The maximum absolute atomic E-state index is 13.4. The van der Waals surface area contributed by atoms with Crippen LogP contribution in [-0.4, -0.2) is 23.7 Å². The Balaban J connectivity index is 2.02. The molecule has 2 rings (SSSR count). The van der Waals surface area contributed by atoms with E-state index in [0.29, 0.717) is 12.3 Å². The fourth-order valence-electron chi connectivity index (χ4n) is 2.97. The first-order chi connectivity index (χ1) is 9.94.